The van der Waals surface area contributed by atoms with Gasteiger partial charge in [-0.3, -0.25) is 4.79 Å². The van der Waals surface area contributed by atoms with E-state index >= 15 is 0 Å². The predicted octanol–water partition coefficient (Wildman–Crippen LogP) is 2.70. The molecule has 0 aliphatic heterocycles. The summed E-state index contributed by atoms with van der Waals surface area (Å²) >= 11 is 0. The molecule has 5 heteroatoms. The number of carbonyl (C=O) groups is 2. The van der Waals surface area contributed by atoms with Gasteiger partial charge in [0.05, 0.1) is 0 Å². The van der Waals surface area contributed by atoms with E-state index in [0.717, 1.165) is 19.3 Å². The first kappa shape index (κ1) is 17.1. The first-order chi connectivity index (χ1) is 10.6. The van der Waals surface area contributed by atoms with Gasteiger partial charge in [0.25, 0.3) is 0 Å². The van der Waals surface area contributed by atoms with Crippen molar-refractivity contribution in [3.8, 4) is 0 Å². The second kappa shape index (κ2) is 9.01. The molecule has 0 aromatic carbocycles. The van der Waals surface area contributed by atoms with Crippen molar-refractivity contribution in [2.75, 3.05) is 6.54 Å². The lowest BCUT2D eigenvalue weighted by molar-refractivity contribution is -0.122. The van der Waals surface area contributed by atoms with Gasteiger partial charge in [-0.15, -0.1) is 0 Å². The minimum atomic E-state index is -0.134. The van der Waals surface area contributed by atoms with E-state index in [9.17, 15) is 9.59 Å². The number of urea groups is 1. The second-order valence-electron chi connectivity index (χ2n) is 6.92. The normalized spacial score (nSPS) is 26.2. The van der Waals surface area contributed by atoms with Crippen LogP contribution in [0.3, 0.4) is 0 Å². The third kappa shape index (κ3) is 5.85. The first-order valence-electron chi connectivity index (χ1n) is 8.99. The standard InChI is InChI=1S/C17H31N3O2/c1-13-7-5-6-10-15(13)20-16(21)11-12-18-17(22)19-14-8-3-2-4-9-14/h13-15H,2-12H2,1H3,(H,20,21)(H2,18,19,22). The van der Waals surface area contributed by atoms with Crippen molar-refractivity contribution in [2.24, 2.45) is 5.92 Å². The molecule has 5 nitrogen and oxygen atoms in total. The van der Waals surface area contributed by atoms with Gasteiger partial charge >= 0.3 is 6.03 Å². The predicted molar refractivity (Wildman–Crippen MR) is 87.6 cm³/mol. The van der Waals surface area contributed by atoms with Gasteiger partial charge in [-0.2, -0.15) is 0 Å². The van der Waals surface area contributed by atoms with Gasteiger partial charge in [-0.1, -0.05) is 39.0 Å². The van der Waals surface area contributed by atoms with E-state index in [1.807, 2.05) is 0 Å². The molecule has 3 N–H and O–H groups in total. The van der Waals surface area contributed by atoms with Crippen LogP contribution in [0.2, 0.25) is 0 Å². The smallest absolute Gasteiger partial charge is 0.315 e. The minimum absolute atomic E-state index is 0.0525. The fourth-order valence-electron chi connectivity index (χ4n) is 3.58. The third-order valence-electron chi connectivity index (χ3n) is 5.04. The van der Waals surface area contributed by atoms with Crippen LogP contribution in [0.5, 0.6) is 0 Å². The zero-order valence-electron chi connectivity index (χ0n) is 13.8. The SMILES string of the molecule is CC1CCCCC1NC(=O)CCNC(=O)NC1CCCCC1. The fraction of sp³-hybridized carbons (Fsp3) is 0.882. The maximum absolute atomic E-state index is 11.9. The van der Waals surface area contributed by atoms with E-state index in [1.54, 1.807) is 0 Å². The number of hydrogen-bond donors (Lipinski definition) is 3. The summed E-state index contributed by atoms with van der Waals surface area (Å²) in [7, 11) is 0. The van der Waals surface area contributed by atoms with E-state index in [0.29, 0.717) is 31.0 Å². The molecule has 0 aromatic rings. The Morgan fingerprint density at radius 2 is 1.59 bits per heavy atom. The van der Waals surface area contributed by atoms with Crippen LogP contribution in [0.4, 0.5) is 4.79 Å². The van der Waals surface area contributed by atoms with E-state index in [2.05, 4.69) is 22.9 Å². The molecule has 0 radical (unpaired) electrons. The number of nitrogens with one attached hydrogen (secondary N) is 3. The summed E-state index contributed by atoms with van der Waals surface area (Å²) in [6.07, 6.45) is 11.0. The fourth-order valence-corrected chi connectivity index (χ4v) is 3.58. The summed E-state index contributed by atoms with van der Waals surface area (Å²) in [5, 5.41) is 8.91. The maximum atomic E-state index is 11.9. The molecule has 2 aliphatic rings. The van der Waals surface area contributed by atoms with Crippen LogP contribution < -0.4 is 16.0 Å². The Bertz CT molecular complexity index is 367. The van der Waals surface area contributed by atoms with Crippen molar-refractivity contribution in [2.45, 2.75) is 83.2 Å². The maximum Gasteiger partial charge on any atom is 0.315 e. The molecule has 3 amide bonds. The number of carbonyl (C=O) groups excluding carboxylic acids is 2. The Kier molecular flexibility index (Phi) is 7.00. The molecular formula is C17H31N3O2. The molecule has 2 aliphatic carbocycles. The minimum Gasteiger partial charge on any atom is -0.353 e. The topological polar surface area (TPSA) is 70.2 Å². The summed E-state index contributed by atoms with van der Waals surface area (Å²) in [6.45, 7) is 2.62. The van der Waals surface area contributed by atoms with Crippen LogP contribution in [-0.4, -0.2) is 30.6 Å². The molecule has 2 rings (SSSR count). The Morgan fingerprint density at radius 3 is 2.32 bits per heavy atom. The van der Waals surface area contributed by atoms with Crippen molar-refractivity contribution in [1.82, 2.24) is 16.0 Å². The summed E-state index contributed by atoms with van der Waals surface area (Å²) < 4.78 is 0. The van der Waals surface area contributed by atoms with Crippen LogP contribution in [0.15, 0.2) is 0 Å². The van der Waals surface area contributed by atoms with E-state index in [4.69, 9.17) is 0 Å². The Morgan fingerprint density at radius 1 is 0.909 bits per heavy atom. The highest BCUT2D eigenvalue weighted by Gasteiger charge is 2.22. The molecule has 0 saturated heterocycles. The average Bonchev–Trinajstić information content (AvgIpc) is 2.50. The molecule has 126 valence electrons. The lowest BCUT2D eigenvalue weighted by atomic mass is 9.86. The van der Waals surface area contributed by atoms with E-state index < -0.39 is 0 Å². The molecule has 0 heterocycles. The first-order valence-corrected chi connectivity index (χ1v) is 8.99. The van der Waals surface area contributed by atoms with Crippen LogP contribution in [0, 0.1) is 5.92 Å². The molecule has 22 heavy (non-hydrogen) atoms. The van der Waals surface area contributed by atoms with Crippen molar-refractivity contribution in [3.63, 3.8) is 0 Å². The highest BCUT2D eigenvalue weighted by molar-refractivity contribution is 5.78. The Balaban J connectivity index is 1.56. The zero-order valence-corrected chi connectivity index (χ0v) is 13.8. The van der Waals surface area contributed by atoms with Gasteiger partial charge in [0.2, 0.25) is 5.91 Å². The number of rotatable bonds is 5. The zero-order chi connectivity index (χ0) is 15.8. The van der Waals surface area contributed by atoms with Gasteiger partial charge in [0, 0.05) is 25.0 Å². The molecule has 0 spiro atoms. The van der Waals surface area contributed by atoms with Crippen LogP contribution in [0.25, 0.3) is 0 Å². The van der Waals surface area contributed by atoms with Crippen molar-refractivity contribution < 1.29 is 9.59 Å². The molecule has 2 fully saturated rings. The molecule has 2 saturated carbocycles. The quantitative estimate of drug-likeness (QED) is 0.731. The van der Waals surface area contributed by atoms with Crippen molar-refractivity contribution >= 4 is 11.9 Å². The van der Waals surface area contributed by atoms with E-state index in [1.165, 1.54) is 38.5 Å². The van der Waals surface area contributed by atoms with Gasteiger partial charge in [-0.25, -0.2) is 4.79 Å². The van der Waals surface area contributed by atoms with Crippen LogP contribution >= 0.6 is 0 Å². The molecule has 2 atom stereocenters. The van der Waals surface area contributed by atoms with Gasteiger partial charge < -0.3 is 16.0 Å². The largest absolute Gasteiger partial charge is 0.353 e. The average molecular weight is 309 g/mol. The summed E-state index contributed by atoms with van der Waals surface area (Å²) in [5.74, 6) is 0.622. The number of hydrogen-bond acceptors (Lipinski definition) is 2. The lowest BCUT2D eigenvalue weighted by Crippen LogP contribution is -2.45. The van der Waals surface area contributed by atoms with E-state index in [-0.39, 0.29) is 11.9 Å². The summed E-state index contributed by atoms with van der Waals surface area (Å²) in [6, 6.07) is 0.494. The molecule has 0 aromatic heterocycles. The van der Waals surface area contributed by atoms with Crippen LogP contribution in [0.1, 0.15) is 71.1 Å². The van der Waals surface area contributed by atoms with Gasteiger partial charge in [0.15, 0.2) is 0 Å². The van der Waals surface area contributed by atoms with Gasteiger partial charge in [0.1, 0.15) is 0 Å². The summed E-state index contributed by atoms with van der Waals surface area (Å²) in [4.78, 5) is 23.7. The number of amides is 3. The molecular weight excluding hydrogens is 278 g/mol. The molecule has 0 bridgehead atoms. The van der Waals surface area contributed by atoms with Crippen LogP contribution in [-0.2, 0) is 4.79 Å². The lowest BCUT2D eigenvalue weighted by Gasteiger charge is -2.29. The second-order valence-corrected chi connectivity index (χ2v) is 6.92. The Labute approximate surface area is 134 Å². The Hall–Kier alpha value is -1.26. The van der Waals surface area contributed by atoms with Gasteiger partial charge in [-0.05, 0) is 31.6 Å². The van der Waals surface area contributed by atoms with Crippen molar-refractivity contribution in [3.05, 3.63) is 0 Å². The highest BCUT2D eigenvalue weighted by Crippen LogP contribution is 2.23. The highest BCUT2D eigenvalue weighted by atomic mass is 16.2. The third-order valence-corrected chi connectivity index (χ3v) is 5.04. The summed E-state index contributed by atoms with van der Waals surface area (Å²) in [5.41, 5.74) is 0. The monoisotopic (exact) mass is 309 g/mol. The van der Waals surface area contributed by atoms with Crippen molar-refractivity contribution in [1.29, 1.82) is 0 Å². The molecule has 2 unspecified atom stereocenters.